The average Bonchev–Trinajstić information content (AvgIpc) is 2.50. The smallest absolute Gasteiger partial charge is 0.311 e. The van der Waals surface area contributed by atoms with Gasteiger partial charge in [0.15, 0.2) is 10.5 Å². The Morgan fingerprint density at radius 1 is 1.35 bits per heavy atom. The van der Waals surface area contributed by atoms with Crippen molar-refractivity contribution in [2.45, 2.75) is 26.2 Å². The minimum absolute atomic E-state index is 0.123. The zero-order chi connectivity index (χ0) is 17.0. The van der Waals surface area contributed by atoms with Gasteiger partial charge in [0.05, 0.1) is 12.0 Å². The van der Waals surface area contributed by atoms with Gasteiger partial charge in [0.2, 0.25) is 0 Å². The number of rotatable bonds is 6. The molecule has 0 radical (unpaired) electrons. The molecule has 8 heteroatoms. The molecule has 1 heterocycles. The maximum atomic E-state index is 12.2. The summed E-state index contributed by atoms with van der Waals surface area (Å²) in [5.74, 6) is 0.189. The lowest BCUT2D eigenvalue weighted by Crippen LogP contribution is -2.18. The van der Waals surface area contributed by atoms with Gasteiger partial charge in [-0.05, 0) is 30.3 Å². The van der Waals surface area contributed by atoms with E-state index in [0.29, 0.717) is 17.5 Å². The quantitative estimate of drug-likeness (QED) is 0.480. The van der Waals surface area contributed by atoms with Crippen molar-refractivity contribution in [2.75, 3.05) is 7.11 Å². The van der Waals surface area contributed by atoms with E-state index in [-0.39, 0.29) is 28.2 Å². The van der Waals surface area contributed by atoms with Crippen molar-refractivity contribution in [1.29, 1.82) is 0 Å². The standard InChI is InChI=1S/C15H17N3O4S/c1-3-4-11-10(14(19)17-15(23)16-11)7-9-5-6-13(22-2)12(8-9)18(20)21/h5-6,8H,3-4,7H2,1-2H3,(H2,16,17,19,23). The van der Waals surface area contributed by atoms with Gasteiger partial charge in [-0.2, -0.15) is 0 Å². The summed E-state index contributed by atoms with van der Waals surface area (Å²) in [7, 11) is 1.38. The highest BCUT2D eigenvalue weighted by molar-refractivity contribution is 7.71. The van der Waals surface area contributed by atoms with E-state index >= 15 is 0 Å². The van der Waals surface area contributed by atoms with Crippen LogP contribution in [0.2, 0.25) is 0 Å². The van der Waals surface area contributed by atoms with Gasteiger partial charge in [-0.15, -0.1) is 0 Å². The molecule has 1 aromatic heterocycles. The number of nitro groups is 1. The summed E-state index contributed by atoms with van der Waals surface area (Å²) in [5.41, 5.74) is 1.57. The molecule has 0 spiro atoms. The Morgan fingerprint density at radius 2 is 2.09 bits per heavy atom. The molecule has 0 saturated carbocycles. The predicted molar refractivity (Wildman–Crippen MR) is 88.7 cm³/mol. The minimum Gasteiger partial charge on any atom is -0.490 e. The first-order valence-electron chi connectivity index (χ1n) is 7.12. The van der Waals surface area contributed by atoms with Gasteiger partial charge in [-0.1, -0.05) is 19.4 Å². The topological polar surface area (TPSA) is 101 Å². The average molecular weight is 335 g/mol. The van der Waals surface area contributed by atoms with Crippen LogP contribution in [0.3, 0.4) is 0 Å². The Morgan fingerprint density at radius 3 is 2.70 bits per heavy atom. The summed E-state index contributed by atoms with van der Waals surface area (Å²) in [4.78, 5) is 28.3. The Hall–Kier alpha value is -2.48. The van der Waals surface area contributed by atoms with Crippen molar-refractivity contribution in [3.05, 3.63) is 60.3 Å². The van der Waals surface area contributed by atoms with Crippen LogP contribution in [0.5, 0.6) is 5.75 Å². The van der Waals surface area contributed by atoms with Gasteiger partial charge in [-0.3, -0.25) is 19.9 Å². The summed E-state index contributed by atoms with van der Waals surface area (Å²) in [6.07, 6.45) is 1.81. The predicted octanol–water partition coefficient (Wildman–Crippen LogP) is 2.89. The SMILES string of the molecule is CCCc1[nH]c(=S)[nH]c(=O)c1Cc1ccc(OC)c([N+](=O)[O-])c1. The van der Waals surface area contributed by atoms with Gasteiger partial charge >= 0.3 is 5.69 Å². The van der Waals surface area contributed by atoms with Gasteiger partial charge in [-0.25, -0.2) is 0 Å². The van der Waals surface area contributed by atoms with E-state index in [1.54, 1.807) is 6.07 Å². The summed E-state index contributed by atoms with van der Waals surface area (Å²) in [5, 5.41) is 11.1. The fourth-order valence-electron chi connectivity index (χ4n) is 2.40. The summed E-state index contributed by atoms with van der Waals surface area (Å²) in [6, 6.07) is 4.67. The molecule has 2 N–H and O–H groups in total. The summed E-state index contributed by atoms with van der Waals surface area (Å²) < 4.78 is 5.26. The molecule has 23 heavy (non-hydrogen) atoms. The molecule has 0 atom stereocenters. The molecule has 1 aromatic carbocycles. The van der Waals surface area contributed by atoms with E-state index in [1.807, 2.05) is 6.92 Å². The van der Waals surface area contributed by atoms with E-state index < -0.39 is 4.92 Å². The number of aromatic nitrogens is 2. The molecule has 0 aliphatic rings. The maximum Gasteiger partial charge on any atom is 0.311 e. The van der Waals surface area contributed by atoms with Gasteiger partial charge < -0.3 is 9.72 Å². The molecule has 0 amide bonds. The number of benzene rings is 1. The number of aryl methyl sites for hydroxylation is 1. The first kappa shape index (κ1) is 16.9. The Labute approximate surface area is 137 Å². The van der Waals surface area contributed by atoms with Crippen LogP contribution in [-0.4, -0.2) is 22.0 Å². The van der Waals surface area contributed by atoms with Crippen LogP contribution >= 0.6 is 12.2 Å². The number of nitro benzene ring substituents is 1. The van der Waals surface area contributed by atoms with Crippen LogP contribution in [0.4, 0.5) is 5.69 Å². The molecule has 0 aliphatic carbocycles. The number of nitrogens with zero attached hydrogens (tertiary/aromatic N) is 1. The number of ether oxygens (including phenoxy) is 1. The van der Waals surface area contributed by atoms with Gasteiger partial charge in [0.1, 0.15) is 0 Å². The molecular weight excluding hydrogens is 318 g/mol. The number of methoxy groups -OCH3 is 1. The minimum atomic E-state index is -0.502. The van der Waals surface area contributed by atoms with Crippen molar-refractivity contribution >= 4 is 17.9 Å². The third kappa shape index (κ3) is 3.84. The molecule has 7 nitrogen and oxygen atoms in total. The first-order chi connectivity index (χ1) is 11.0. The third-order valence-electron chi connectivity index (χ3n) is 3.45. The molecular formula is C15H17N3O4S. The van der Waals surface area contributed by atoms with E-state index in [0.717, 1.165) is 12.1 Å². The maximum absolute atomic E-state index is 12.2. The Balaban J connectivity index is 2.47. The summed E-state index contributed by atoms with van der Waals surface area (Å²) >= 11 is 5.00. The van der Waals surface area contributed by atoms with E-state index in [9.17, 15) is 14.9 Å². The van der Waals surface area contributed by atoms with E-state index in [1.165, 1.54) is 19.2 Å². The van der Waals surface area contributed by atoms with Crippen molar-refractivity contribution in [3.8, 4) is 5.75 Å². The highest BCUT2D eigenvalue weighted by Gasteiger charge is 2.17. The van der Waals surface area contributed by atoms with Crippen LogP contribution in [0, 0.1) is 14.9 Å². The fourth-order valence-corrected chi connectivity index (χ4v) is 2.62. The van der Waals surface area contributed by atoms with Crippen molar-refractivity contribution in [1.82, 2.24) is 9.97 Å². The molecule has 122 valence electrons. The normalized spacial score (nSPS) is 10.5. The zero-order valence-corrected chi connectivity index (χ0v) is 13.7. The second-order valence-electron chi connectivity index (χ2n) is 5.06. The zero-order valence-electron chi connectivity index (χ0n) is 12.8. The highest BCUT2D eigenvalue weighted by atomic mass is 32.1. The Kier molecular flexibility index (Phi) is 5.28. The summed E-state index contributed by atoms with van der Waals surface area (Å²) in [6.45, 7) is 2.00. The molecule has 0 saturated heterocycles. The number of aromatic amines is 2. The molecule has 0 bridgehead atoms. The lowest BCUT2D eigenvalue weighted by molar-refractivity contribution is -0.385. The van der Waals surface area contributed by atoms with Crippen molar-refractivity contribution < 1.29 is 9.66 Å². The molecule has 0 unspecified atom stereocenters. The number of nitrogens with one attached hydrogen (secondary N) is 2. The van der Waals surface area contributed by atoms with Crippen LogP contribution in [0.15, 0.2) is 23.0 Å². The third-order valence-corrected chi connectivity index (χ3v) is 3.65. The van der Waals surface area contributed by atoms with Crippen LogP contribution < -0.4 is 10.3 Å². The largest absolute Gasteiger partial charge is 0.490 e. The van der Waals surface area contributed by atoms with E-state index in [2.05, 4.69) is 9.97 Å². The molecule has 2 rings (SSSR count). The molecule has 0 fully saturated rings. The monoisotopic (exact) mass is 335 g/mol. The fraction of sp³-hybridized carbons (Fsp3) is 0.333. The number of hydrogen-bond donors (Lipinski definition) is 2. The van der Waals surface area contributed by atoms with E-state index in [4.69, 9.17) is 17.0 Å². The van der Waals surface area contributed by atoms with Gasteiger partial charge in [0, 0.05) is 23.7 Å². The number of H-pyrrole nitrogens is 2. The van der Waals surface area contributed by atoms with Crippen LogP contribution in [-0.2, 0) is 12.8 Å². The second-order valence-corrected chi connectivity index (χ2v) is 5.46. The van der Waals surface area contributed by atoms with Gasteiger partial charge in [0.25, 0.3) is 5.56 Å². The Bertz CT molecular complexity index is 841. The number of hydrogen-bond acceptors (Lipinski definition) is 5. The molecule has 0 aliphatic heterocycles. The van der Waals surface area contributed by atoms with Crippen LogP contribution in [0.25, 0.3) is 0 Å². The lowest BCUT2D eigenvalue weighted by atomic mass is 10.0. The second kappa shape index (κ2) is 7.19. The van der Waals surface area contributed by atoms with Crippen molar-refractivity contribution in [3.63, 3.8) is 0 Å². The lowest BCUT2D eigenvalue weighted by Gasteiger charge is -2.09. The molecule has 2 aromatic rings. The highest BCUT2D eigenvalue weighted by Crippen LogP contribution is 2.28. The van der Waals surface area contributed by atoms with Crippen molar-refractivity contribution in [2.24, 2.45) is 0 Å². The van der Waals surface area contributed by atoms with Crippen LogP contribution in [0.1, 0.15) is 30.2 Å². The first-order valence-corrected chi connectivity index (χ1v) is 7.52.